The maximum absolute atomic E-state index is 12.4. The van der Waals surface area contributed by atoms with Crippen LogP contribution < -0.4 is 4.74 Å². The van der Waals surface area contributed by atoms with Gasteiger partial charge in [0.2, 0.25) is 0 Å². The Morgan fingerprint density at radius 2 is 1.92 bits per heavy atom. The number of methoxy groups -OCH3 is 1. The highest BCUT2D eigenvalue weighted by molar-refractivity contribution is 8.18. The van der Waals surface area contributed by atoms with E-state index in [9.17, 15) is 14.4 Å². The zero-order valence-corrected chi connectivity index (χ0v) is 16.7. The predicted molar refractivity (Wildman–Crippen MR) is 102 cm³/mol. The number of carbonyl (C=O) groups excluding carboxylic acids is 3. The lowest BCUT2D eigenvalue weighted by molar-refractivity contribution is -0.142. The van der Waals surface area contributed by atoms with Crippen LogP contribution in [-0.4, -0.2) is 41.8 Å². The largest absolute Gasteiger partial charge is 0.479 e. The van der Waals surface area contributed by atoms with E-state index in [4.69, 9.17) is 27.9 Å². The molecule has 1 heterocycles. The summed E-state index contributed by atoms with van der Waals surface area (Å²) in [6.07, 6.45) is 2.23. The Bertz CT molecular complexity index is 757. The molecule has 9 heteroatoms. The molecule has 1 aliphatic rings. The van der Waals surface area contributed by atoms with Gasteiger partial charge in [-0.15, -0.1) is 0 Å². The third-order valence-electron chi connectivity index (χ3n) is 3.74. The molecule has 0 aromatic heterocycles. The average molecular weight is 418 g/mol. The van der Waals surface area contributed by atoms with Gasteiger partial charge in [-0.05, 0) is 48.9 Å². The van der Waals surface area contributed by atoms with E-state index in [0.29, 0.717) is 16.9 Å². The van der Waals surface area contributed by atoms with Gasteiger partial charge in [0.15, 0.2) is 12.4 Å². The number of benzene rings is 1. The molecule has 1 saturated heterocycles. The standard InChI is InChI=1S/C17H17Cl2NO5S/c1-4-9(2)20-16(22)13(26-17(20)23)7-10-5-11(18)15(12(19)6-10)25-8-14(21)24-3/h5-7,9H,4,8H2,1-3H3/b13-7-. The summed E-state index contributed by atoms with van der Waals surface area (Å²) in [6.45, 7) is 3.40. The van der Waals surface area contributed by atoms with Crippen LogP contribution in [0, 0.1) is 0 Å². The monoisotopic (exact) mass is 417 g/mol. The van der Waals surface area contributed by atoms with Crippen molar-refractivity contribution in [2.75, 3.05) is 13.7 Å². The smallest absolute Gasteiger partial charge is 0.343 e. The zero-order chi connectivity index (χ0) is 19.4. The van der Waals surface area contributed by atoms with Crippen LogP contribution in [0.5, 0.6) is 5.75 Å². The number of rotatable bonds is 6. The molecule has 0 aliphatic carbocycles. The van der Waals surface area contributed by atoms with Crippen LogP contribution in [0.25, 0.3) is 6.08 Å². The summed E-state index contributed by atoms with van der Waals surface area (Å²) in [7, 11) is 1.24. The second-order valence-corrected chi connectivity index (χ2v) is 7.30. The van der Waals surface area contributed by atoms with Gasteiger partial charge in [0.05, 0.1) is 22.1 Å². The number of nitrogens with zero attached hydrogens (tertiary/aromatic N) is 1. The third-order valence-corrected chi connectivity index (χ3v) is 5.18. The summed E-state index contributed by atoms with van der Waals surface area (Å²) < 4.78 is 9.74. The fraction of sp³-hybridized carbons (Fsp3) is 0.353. The van der Waals surface area contributed by atoms with Crippen molar-refractivity contribution in [2.45, 2.75) is 26.3 Å². The molecule has 1 fully saturated rings. The molecule has 1 unspecified atom stereocenters. The molecule has 0 radical (unpaired) electrons. The van der Waals surface area contributed by atoms with Gasteiger partial charge in [0, 0.05) is 6.04 Å². The molecule has 1 atom stereocenters. The second kappa shape index (κ2) is 8.79. The minimum Gasteiger partial charge on any atom is -0.479 e. The normalized spacial score (nSPS) is 17.0. The first-order chi connectivity index (χ1) is 12.3. The number of imide groups is 1. The Morgan fingerprint density at radius 3 is 2.46 bits per heavy atom. The summed E-state index contributed by atoms with van der Waals surface area (Å²) in [4.78, 5) is 37.2. The maximum Gasteiger partial charge on any atom is 0.343 e. The molecule has 1 aromatic carbocycles. The lowest BCUT2D eigenvalue weighted by atomic mass is 10.2. The van der Waals surface area contributed by atoms with Gasteiger partial charge in [-0.25, -0.2) is 4.79 Å². The Balaban J connectivity index is 2.25. The van der Waals surface area contributed by atoms with Crippen LogP contribution in [0.15, 0.2) is 17.0 Å². The number of hydrogen-bond acceptors (Lipinski definition) is 6. The summed E-state index contributed by atoms with van der Waals surface area (Å²) >= 11 is 13.2. The third kappa shape index (κ3) is 4.52. The maximum atomic E-state index is 12.4. The number of carbonyl (C=O) groups is 3. The molecule has 0 saturated carbocycles. The minimum absolute atomic E-state index is 0.142. The summed E-state index contributed by atoms with van der Waals surface area (Å²) in [5, 5.41) is 0.0495. The van der Waals surface area contributed by atoms with Crippen molar-refractivity contribution in [1.29, 1.82) is 0 Å². The highest BCUT2D eigenvalue weighted by Gasteiger charge is 2.37. The Morgan fingerprint density at radius 1 is 1.31 bits per heavy atom. The van der Waals surface area contributed by atoms with Crippen LogP contribution in [0.2, 0.25) is 10.0 Å². The fourth-order valence-electron chi connectivity index (χ4n) is 2.18. The first kappa shape index (κ1) is 20.6. The van der Waals surface area contributed by atoms with Crippen molar-refractivity contribution < 1.29 is 23.9 Å². The van der Waals surface area contributed by atoms with E-state index in [1.54, 1.807) is 6.08 Å². The Labute approximate surface area is 165 Å². The van der Waals surface area contributed by atoms with Crippen molar-refractivity contribution >= 4 is 58.2 Å². The first-order valence-corrected chi connectivity index (χ1v) is 9.31. The molecule has 1 aromatic rings. The number of ether oxygens (including phenoxy) is 2. The Hall–Kier alpha value is -1.70. The lowest BCUT2D eigenvalue weighted by Crippen LogP contribution is -2.36. The fourth-order valence-corrected chi connectivity index (χ4v) is 3.73. The molecule has 26 heavy (non-hydrogen) atoms. The second-order valence-electron chi connectivity index (χ2n) is 5.49. The highest BCUT2D eigenvalue weighted by atomic mass is 35.5. The average Bonchev–Trinajstić information content (AvgIpc) is 2.86. The SMILES string of the molecule is CCC(C)N1C(=O)S/C(=C\c2cc(Cl)c(OCC(=O)OC)c(Cl)c2)C1=O. The van der Waals surface area contributed by atoms with Crippen molar-refractivity contribution in [1.82, 2.24) is 4.90 Å². The van der Waals surface area contributed by atoms with Crippen LogP contribution in [-0.2, 0) is 14.3 Å². The van der Waals surface area contributed by atoms with Crippen LogP contribution in [0.1, 0.15) is 25.8 Å². The van der Waals surface area contributed by atoms with Gasteiger partial charge in [-0.1, -0.05) is 30.1 Å². The summed E-state index contributed by atoms with van der Waals surface area (Å²) in [5.41, 5.74) is 0.542. The minimum atomic E-state index is -0.570. The molecule has 6 nitrogen and oxygen atoms in total. The number of hydrogen-bond donors (Lipinski definition) is 0. The molecule has 0 N–H and O–H groups in total. The van der Waals surface area contributed by atoms with E-state index in [-0.39, 0.29) is 39.6 Å². The van der Waals surface area contributed by atoms with E-state index >= 15 is 0 Å². The topological polar surface area (TPSA) is 72.9 Å². The predicted octanol–water partition coefficient (Wildman–Crippen LogP) is 4.38. The van der Waals surface area contributed by atoms with Gasteiger partial charge >= 0.3 is 5.97 Å². The van der Waals surface area contributed by atoms with E-state index in [2.05, 4.69) is 4.74 Å². The van der Waals surface area contributed by atoms with Crippen molar-refractivity contribution in [3.05, 3.63) is 32.6 Å². The summed E-state index contributed by atoms with van der Waals surface area (Å²) in [6, 6.07) is 2.91. The van der Waals surface area contributed by atoms with Crippen LogP contribution in [0.4, 0.5) is 4.79 Å². The molecule has 1 aliphatic heterocycles. The van der Waals surface area contributed by atoms with Gasteiger partial charge in [-0.3, -0.25) is 14.5 Å². The van der Waals surface area contributed by atoms with Crippen molar-refractivity contribution in [2.24, 2.45) is 0 Å². The van der Waals surface area contributed by atoms with Gasteiger partial charge in [0.1, 0.15) is 0 Å². The zero-order valence-electron chi connectivity index (χ0n) is 14.4. The van der Waals surface area contributed by atoms with E-state index in [1.807, 2.05) is 13.8 Å². The molecular weight excluding hydrogens is 401 g/mol. The van der Waals surface area contributed by atoms with Crippen molar-refractivity contribution in [3.63, 3.8) is 0 Å². The molecule has 2 rings (SSSR count). The number of amides is 2. The molecule has 0 spiro atoms. The van der Waals surface area contributed by atoms with Crippen LogP contribution >= 0.6 is 35.0 Å². The van der Waals surface area contributed by atoms with Gasteiger partial charge < -0.3 is 9.47 Å². The van der Waals surface area contributed by atoms with Crippen LogP contribution in [0.3, 0.4) is 0 Å². The molecule has 0 bridgehead atoms. The quantitative estimate of drug-likeness (QED) is 0.504. The first-order valence-electron chi connectivity index (χ1n) is 7.74. The van der Waals surface area contributed by atoms with Gasteiger partial charge in [-0.2, -0.15) is 0 Å². The van der Waals surface area contributed by atoms with Gasteiger partial charge in [0.25, 0.3) is 11.1 Å². The number of thioether (sulfide) groups is 1. The van der Waals surface area contributed by atoms with Crippen molar-refractivity contribution in [3.8, 4) is 5.75 Å². The Kier molecular flexibility index (Phi) is 6.97. The van der Waals surface area contributed by atoms with E-state index < -0.39 is 5.97 Å². The highest BCUT2D eigenvalue weighted by Crippen LogP contribution is 2.38. The van der Waals surface area contributed by atoms with E-state index in [0.717, 1.165) is 11.8 Å². The lowest BCUT2D eigenvalue weighted by Gasteiger charge is -2.19. The molecular formula is C17H17Cl2NO5S. The molecule has 140 valence electrons. The summed E-state index contributed by atoms with van der Waals surface area (Å²) in [5.74, 6) is -0.767. The van der Waals surface area contributed by atoms with E-state index in [1.165, 1.54) is 24.1 Å². The number of halogens is 2. The molecule has 2 amide bonds. The number of esters is 1.